The minimum Gasteiger partial charge on any atom is -0.326 e. The molecule has 5 nitrogen and oxygen atoms in total. The van der Waals surface area contributed by atoms with Crippen molar-refractivity contribution in [2.75, 3.05) is 22.4 Å². The van der Waals surface area contributed by atoms with Crippen LogP contribution < -0.4 is 9.62 Å². The van der Waals surface area contributed by atoms with Crippen molar-refractivity contribution >= 4 is 27.3 Å². The predicted octanol–water partition coefficient (Wildman–Crippen LogP) is 2.38. The third-order valence-corrected chi connectivity index (χ3v) is 4.68. The van der Waals surface area contributed by atoms with Crippen LogP contribution in [0.3, 0.4) is 0 Å². The van der Waals surface area contributed by atoms with Crippen molar-refractivity contribution in [3.8, 4) is 0 Å². The zero-order valence-corrected chi connectivity index (χ0v) is 13.8. The quantitative estimate of drug-likeness (QED) is 0.912. The standard InChI is InChI=1S/C15H22N2O3S/c1-15(2,3)14(18)16-12-8-7-11-6-5-9-17(13(11)10-12)21(4,19)20/h7-8,10H,5-6,9H2,1-4H3,(H,16,18). The molecule has 0 saturated heterocycles. The summed E-state index contributed by atoms with van der Waals surface area (Å²) < 4.78 is 25.2. The lowest BCUT2D eigenvalue weighted by Gasteiger charge is -2.30. The molecule has 6 heteroatoms. The van der Waals surface area contributed by atoms with Gasteiger partial charge in [-0.1, -0.05) is 26.8 Å². The number of sulfonamides is 1. The molecule has 0 saturated carbocycles. The molecule has 0 radical (unpaired) electrons. The molecule has 0 spiro atoms. The maximum Gasteiger partial charge on any atom is 0.232 e. The van der Waals surface area contributed by atoms with Crippen LogP contribution in [0.5, 0.6) is 0 Å². The molecule has 21 heavy (non-hydrogen) atoms. The Balaban J connectivity index is 2.35. The van der Waals surface area contributed by atoms with Gasteiger partial charge in [-0.25, -0.2) is 8.42 Å². The Hall–Kier alpha value is -1.56. The van der Waals surface area contributed by atoms with E-state index in [1.54, 1.807) is 6.07 Å². The predicted molar refractivity (Wildman–Crippen MR) is 85.0 cm³/mol. The summed E-state index contributed by atoms with van der Waals surface area (Å²) in [5.41, 5.74) is 1.81. The number of nitrogens with zero attached hydrogens (tertiary/aromatic N) is 1. The Bertz CT molecular complexity index is 660. The Morgan fingerprint density at radius 3 is 2.52 bits per heavy atom. The molecular weight excluding hydrogens is 288 g/mol. The zero-order valence-electron chi connectivity index (χ0n) is 12.9. The Labute approximate surface area is 126 Å². The lowest BCUT2D eigenvalue weighted by molar-refractivity contribution is -0.123. The number of fused-ring (bicyclic) bond motifs is 1. The molecule has 1 aliphatic rings. The monoisotopic (exact) mass is 310 g/mol. The van der Waals surface area contributed by atoms with E-state index in [-0.39, 0.29) is 5.91 Å². The van der Waals surface area contributed by atoms with Crippen LogP contribution in [0.15, 0.2) is 18.2 Å². The first-order valence-corrected chi connectivity index (χ1v) is 8.86. The minimum absolute atomic E-state index is 0.0934. The van der Waals surface area contributed by atoms with Crippen molar-refractivity contribution in [3.63, 3.8) is 0 Å². The summed E-state index contributed by atoms with van der Waals surface area (Å²) in [4.78, 5) is 12.0. The number of rotatable bonds is 2. The molecule has 1 amide bonds. The van der Waals surface area contributed by atoms with Crippen molar-refractivity contribution in [1.82, 2.24) is 0 Å². The van der Waals surface area contributed by atoms with Gasteiger partial charge >= 0.3 is 0 Å². The zero-order chi connectivity index (χ0) is 15.8. The van der Waals surface area contributed by atoms with E-state index in [9.17, 15) is 13.2 Å². The Morgan fingerprint density at radius 2 is 1.95 bits per heavy atom. The lowest BCUT2D eigenvalue weighted by atomic mass is 9.95. The fourth-order valence-corrected chi connectivity index (χ4v) is 3.27. The van der Waals surface area contributed by atoms with Crippen molar-refractivity contribution in [2.24, 2.45) is 5.41 Å². The molecule has 0 bridgehead atoms. The minimum atomic E-state index is -3.29. The first-order valence-electron chi connectivity index (χ1n) is 7.01. The molecule has 2 rings (SSSR count). The number of hydrogen-bond acceptors (Lipinski definition) is 3. The average molecular weight is 310 g/mol. The number of nitrogens with one attached hydrogen (secondary N) is 1. The highest BCUT2D eigenvalue weighted by atomic mass is 32.2. The van der Waals surface area contributed by atoms with Gasteiger partial charge in [0.2, 0.25) is 15.9 Å². The number of amides is 1. The van der Waals surface area contributed by atoms with E-state index in [4.69, 9.17) is 0 Å². The highest BCUT2D eigenvalue weighted by Crippen LogP contribution is 2.32. The van der Waals surface area contributed by atoms with E-state index in [1.165, 1.54) is 10.6 Å². The Morgan fingerprint density at radius 1 is 1.29 bits per heavy atom. The van der Waals surface area contributed by atoms with Crippen LogP contribution in [-0.4, -0.2) is 27.1 Å². The van der Waals surface area contributed by atoms with Gasteiger partial charge in [0.1, 0.15) is 0 Å². The number of anilines is 2. The summed E-state index contributed by atoms with van der Waals surface area (Å²) in [6.07, 6.45) is 2.88. The number of aryl methyl sites for hydroxylation is 1. The summed E-state index contributed by atoms with van der Waals surface area (Å²) in [7, 11) is -3.29. The second-order valence-corrected chi connectivity index (χ2v) is 8.39. The molecule has 0 aromatic heterocycles. The molecule has 0 aliphatic carbocycles. The van der Waals surface area contributed by atoms with Crippen LogP contribution in [0.25, 0.3) is 0 Å². The fourth-order valence-electron chi connectivity index (χ4n) is 2.28. The van der Waals surface area contributed by atoms with E-state index in [0.29, 0.717) is 17.9 Å². The van der Waals surface area contributed by atoms with Crippen LogP contribution in [-0.2, 0) is 21.2 Å². The molecule has 1 aromatic rings. The third-order valence-electron chi connectivity index (χ3n) is 3.50. The van der Waals surface area contributed by atoms with Crippen LogP contribution >= 0.6 is 0 Å². The SMILES string of the molecule is CC(C)(C)C(=O)Nc1ccc2c(c1)N(S(C)(=O)=O)CCC2. The van der Waals surface area contributed by atoms with Gasteiger partial charge in [0.05, 0.1) is 11.9 Å². The van der Waals surface area contributed by atoms with Gasteiger partial charge in [0.25, 0.3) is 0 Å². The molecule has 1 aliphatic heterocycles. The van der Waals surface area contributed by atoms with Gasteiger partial charge in [-0.15, -0.1) is 0 Å². The van der Waals surface area contributed by atoms with Crippen LogP contribution in [0.4, 0.5) is 11.4 Å². The largest absolute Gasteiger partial charge is 0.326 e. The number of benzene rings is 1. The molecule has 0 unspecified atom stereocenters. The number of hydrogen-bond donors (Lipinski definition) is 1. The molecule has 0 atom stereocenters. The van der Waals surface area contributed by atoms with E-state index >= 15 is 0 Å². The number of carbonyl (C=O) groups is 1. The average Bonchev–Trinajstić information content (AvgIpc) is 2.35. The molecular formula is C15H22N2O3S. The van der Waals surface area contributed by atoms with Gasteiger partial charge in [-0.05, 0) is 30.5 Å². The van der Waals surface area contributed by atoms with Gasteiger partial charge < -0.3 is 5.32 Å². The van der Waals surface area contributed by atoms with E-state index in [1.807, 2.05) is 32.9 Å². The van der Waals surface area contributed by atoms with Crippen molar-refractivity contribution in [2.45, 2.75) is 33.6 Å². The second kappa shape index (κ2) is 5.33. The fraction of sp³-hybridized carbons (Fsp3) is 0.533. The van der Waals surface area contributed by atoms with Crippen molar-refractivity contribution in [3.05, 3.63) is 23.8 Å². The number of carbonyl (C=O) groups excluding carboxylic acids is 1. The molecule has 0 fully saturated rings. The highest BCUT2D eigenvalue weighted by molar-refractivity contribution is 7.92. The molecule has 1 heterocycles. The van der Waals surface area contributed by atoms with Gasteiger partial charge in [0.15, 0.2) is 0 Å². The lowest BCUT2D eigenvalue weighted by Crippen LogP contribution is -2.34. The Kier molecular flexibility index (Phi) is 4.02. The first kappa shape index (κ1) is 15.8. The maximum absolute atomic E-state index is 12.0. The van der Waals surface area contributed by atoms with E-state index in [0.717, 1.165) is 18.4 Å². The van der Waals surface area contributed by atoms with Crippen molar-refractivity contribution < 1.29 is 13.2 Å². The van der Waals surface area contributed by atoms with Crippen molar-refractivity contribution in [1.29, 1.82) is 0 Å². The van der Waals surface area contributed by atoms with Crippen LogP contribution in [0, 0.1) is 5.41 Å². The highest BCUT2D eigenvalue weighted by Gasteiger charge is 2.25. The smallest absolute Gasteiger partial charge is 0.232 e. The van der Waals surface area contributed by atoms with Gasteiger partial charge in [-0.2, -0.15) is 0 Å². The topological polar surface area (TPSA) is 66.5 Å². The molecule has 1 N–H and O–H groups in total. The third kappa shape index (κ3) is 3.56. The molecule has 116 valence electrons. The second-order valence-electron chi connectivity index (χ2n) is 6.49. The summed E-state index contributed by atoms with van der Waals surface area (Å²) in [5, 5.41) is 2.84. The first-order chi connectivity index (χ1) is 9.59. The summed E-state index contributed by atoms with van der Waals surface area (Å²) >= 11 is 0. The summed E-state index contributed by atoms with van der Waals surface area (Å²) in [5.74, 6) is -0.0934. The normalized spacial score (nSPS) is 15.5. The maximum atomic E-state index is 12.0. The summed E-state index contributed by atoms with van der Waals surface area (Å²) in [6, 6.07) is 5.47. The van der Waals surface area contributed by atoms with Gasteiger partial charge in [0, 0.05) is 17.6 Å². The van der Waals surface area contributed by atoms with Gasteiger partial charge in [-0.3, -0.25) is 9.10 Å². The van der Waals surface area contributed by atoms with Crippen LogP contribution in [0.2, 0.25) is 0 Å². The van der Waals surface area contributed by atoms with Crippen LogP contribution in [0.1, 0.15) is 32.8 Å². The van der Waals surface area contributed by atoms with E-state index < -0.39 is 15.4 Å². The molecule has 1 aromatic carbocycles. The summed E-state index contributed by atoms with van der Waals surface area (Å²) in [6.45, 7) is 6.00. The van der Waals surface area contributed by atoms with E-state index in [2.05, 4.69) is 5.32 Å².